The van der Waals surface area contributed by atoms with Gasteiger partial charge >= 0.3 is 0 Å². The van der Waals surface area contributed by atoms with Crippen molar-refractivity contribution in [2.75, 3.05) is 18.0 Å². The van der Waals surface area contributed by atoms with E-state index >= 15 is 0 Å². The van der Waals surface area contributed by atoms with E-state index in [0.717, 1.165) is 16.8 Å². The number of carbonyl (C=O) groups excluding carboxylic acids is 1. The SMILES string of the molecule is CC(CN)CN1C(=O)Cc2cc(CN)ccc21. The van der Waals surface area contributed by atoms with Gasteiger partial charge in [-0.2, -0.15) is 0 Å². The third-order valence-electron chi connectivity index (χ3n) is 3.21. The third kappa shape index (κ3) is 2.33. The molecule has 1 atom stereocenters. The van der Waals surface area contributed by atoms with Gasteiger partial charge in [-0.25, -0.2) is 0 Å². The van der Waals surface area contributed by atoms with Crippen LogP contribution in [-0.4, -0.2) is 19.0 Å². The van der Waals surface area contributed by atoms with Crippen LogP contribution in [0.5, 0.6) is 0 Å². The number of rotatable bonds is 4. The van der Waals surface area contributed by atoms with Crippen LogP contribution in [-0.2, 0) is 17.8 Å². The Morgan fingerprint density at radius 2 is 2.18 bits per heavy atom. The van der Waals surface area contributed by atoms with Gasteiger partial charge in [0.25, 0.3) is 0 Å². The minimum atomic E-state index is 0.162. The van der Waals surface area contributed by atoms with Crippen molar-refractivity contribution in [2.24, 2.45) is 17.4 Å². The maximum absolute atomic E-state index is 11.9. The molecule has 2 rings (SSSR count). The van der Waals surface area contributed by atoms with Crippen molar-refractivity contribution >= 4 is 11.6 Å². The molecule has 4 nitrogen and oxygen atoms in total. The summed E-state index contributed by atoms with van der Waals surface area (Å²) in [6.45, 7) is 3.87. The van der Waals surface area contributed by atoms with Gasteiger partial charge in [-0.3, -0.25) is 4.79 Å². The van der Waals surface area contributed by atoms with E-state index in [-0.39, 0.29) is 5.91 Å². The van der Waals surface area contributed by atoms with Crippen LogP contribution in [0.4, 0.5) is 5.69 Å². The summed E-state index contributed by atoms with van der Waals surface area (Å²) in [5.74, 6) is 0.480. The fourth-order valence-electron chi connectivity index (χ4n) is 2.15. The van der Waals surface area contributed by atoms with E-state index in [1.54, 1.807) is 0 Å². The molecule has 1 unspecified atom stereocenters. The topological polar surface area (TPSA) is 72.3 Å². The molecule has 0 aromatic heterocycles. The molecule has 17 heavy (non-hydrogen) atoms. The first kappa shape index (κ1) is 12.1. The average molecular weight is 233 g/mol. The number of amides is 1. The first-order chi connectivity index (χ1) is 8.15. The van der Waals surface area contributed by atoms with E-state index in [0.29, 0.717) is 32.0 Å². The fraction of sp³-hybridized carbons (Fsp3) is 0.462. The Kier molecular flexibility index (Phi) is 3.45. The summed E-state index contributed by atoms with van der Waals surface area (Å²) in [6.07, 6.45) is 0.487. The van der Waals surface area contributed by atoms with Crippen molar-refractivity contribution in [3.05, 3.63) is 29.3 Å². The van der Waals surface area contributed by atoms with Crippen molar-refractivity contribution in [3.8, 4) is 0 Å². The van der Waals surface area contributed by atoms with Crippen LogP contribution in [0, 0.1) is 5.92 Å². The lowest BCUT2D eigenvalue weighted by atomic mass is 10.1. The molecule has 0 saturated carbocycles. The molecule has 0 aliphatic carbocycles. The number of fused-ring (bicyclic) bond motifs is 1. The molecule has 4 N–H and O–H groups in total. The van der Waals surface area contributed by atoms with Gasteiger partial charge in [-0.15, -0.1) is 0 Å². The number of anilines is 1. The zero-order chi connectivity index (χ0) is 12.4. The second kappa shape index (κ2) is 4.85. The van der Waals surface area contributed by atoms with Gasteiger partial charge < -0.3 is 16.4 Å². The molecule has 0 fully saturated rings. The number of carbonyl (C=O) groups is 1. The summed E-state index contributed by atoms with van der Waals surface area (Å²) in [6, 6.07) is 6.00. The van der Waals surface area contributed by atoms with Crippen LogP contribution in [0.25, 0.3) is 0 Å². The molecule has 1 heterocycles. The fourth-order valence-corrected chi connectivity index (χ4v) is 2.15. The van der Waals surface area contributed by atoms with Gasteiger partial charge in [-0.1, -0.05) is 19.1 Å². The Bertz CT molecular complexity index is 431. The van der Waals surface area contributed by atoms with Crippen LogP contribution < -0.4 is 16.4 Å². The smallest absolute Gasteiger partial charge is 0.231 e. The monoisotopic (exact) mass is 233 g/mol. The van der Waals surface area contributed by atoms with Crippen LogP contribution in [0.1, 0.15) is 18.1 Å². The van der Waals surface area contributed by atoms with Crippen molar-refractivity contribution < 1.29 is 4.79 Å². The molecule has 1 aliphatic heterocycles. The maximum Gasteiger partial charge on any atom is 0.231 e. The molecule has 1 aromatic carbocycles. The van der Waals surface area contributed by atoms with Crippen LogP contribution in [0.15, 0.2) is 18.2 Å². The Morgan fingerprint density at radius 3 is 2.82 bits per heavy atom. The highest BCUT2D eigenvalue weighted by Gasteiger charge is 2.27. The molecule has 0 saturated heterocycles. The Morgan fingerprint density at radius 1 is 1.41 bits per heavy atom. The molecule has 92 valence electrons. The lowest BCUT2D eigenvalue weighted by molar-refractivity contribution is -0.117. The van der Waals surface area contributed by atoms with Crippen molar-refractivity contribution in [3.63, 3.8) is 0 Å². The zero-order valence-corrected chi connectivity index (χ0v) is 10.1. The quantitative estimate of drug-likeness (QED) is 0.801. The number of nitrogens with two attached hydrogens (primary N) is 2. The summed E-state index contributed by atoms with van der Waals surface area (Å²) in [7, 11) is 0. The first-order valence-corrected chi connectivity index (χ1v) is 5.98. The van der Waals surface area contributed by atoms with E-state index in [1.165, 1.54) is 0 Å². The molecule has 4 heteroatoms. The molecule has 0 spiro atoms. The highest BCUT2D eigenvalue weighted by Crippen LogP contribution is 2.30. The van der Waals surface area contributed by atoms with Gasteiger partial charge in [0.2, 0.25) is 5.91 Å². The molecule has 1 aliphatic rings. The molecule has 0 bridgehead atoms. The Labute approximate surface area is 102 Å². The third-order valence-corrected chi connectivity index (χ3v) is 3.21. The second-order valence-corrected chi connectivity index (χ2v) is 4.69. The summed E-state index contributed by atoms with van der Waals surface area (Å²) in [4.78, 5) is 13.8. The summed E-state index contributed by atoms with van der Waals surface area (Å²) in [5, 5.41) is 0. The lowest BCUT2D eigenvalue weighted by Gasteiger charge is -2.21. The van der Waals surface area contributed by atoms with E-state index in [2.05, 4.69) is 6.92 Å². The predicted octanol–water partition coefficient (Wildman–Crippen LogP) is 0.629. The standard InChI is InChI=1S/C13H19N3O/c1-9(6-14)8-16-12-3-2-10(7-15)4-11(12)5-13(16)17/h2-4,9H,5-8,14-15H2,1H3. The highest BCUT2D eigenvalue weighted by atomic mass is 16.2. The molecular weight excluding hydrogens is 214 g/mol. The Balaban J connectivity index is 2.25. The second-order valence-electron chi connectivity index (χ2n) is 4.69. The maximum atomic E-state index is 11.9. The van der Waals surface area contributed by atoms with Gasteiger partial charge in [0.15, 0.2) is 0 Å². The molecular formula is C13H19N3O. The minimum Gasteiger partial charge on any atom is -0.330 e. The largest absolute Gasteiger partial charge is 0.330 e. The number of nitrogens with zero attached hydrogens (tertiary/aromatic N) is 1. The summed E-state index contributed by atoms with van der Waals surface area (Å²) in [5.41, 5.74) is 14.4. The van der Waals surface area contributed by atoms with Gasteiger partial charge in [0.1, 0.15) is 0 Å². The van der Waals surface area contributed by atoms with Crippen molar-refractivity contribution in [1.29, 1.82) is 0 Å². The lowest BCUT2D eigenvalue weighted by Crippen LogP contribution is -2.33. The van der Waals surface area contributed by atoms with Gasteiger partial charge in [0.05, 0.1) is 6.42 Å². The zero-order valence-electron chi connectivity index (χ0n) is 10.1. The molecule has 0 radical (unpaired) electrons. The van der Waals surface area contributed by atoms with Crippen LogP contribution in [0.3, 0.4) is 0 Å². The minimum absolute atomic E-state index is 0.162. The van der Waals surface area contributed by atoms with Gasteiger partial charge in [0, 0.05) is 18.8 Å². The first-order valence-electron chi connectivity index (χ1n) is 5.98. The van der Waals surface area contributed by atoms with E-state index < -0.39 is 0 Å². The normalized spacial score (nSPS) is 16.2. The summed E-state index contributed by atoms with van der Waals surface area (Å²) < 4.78 is 0. The Hall–Kier alpha value is -1.39. The predicted molar refractivity (Wildman–Crippen MR) is 68.6 cm³/mol. The molecule has 1 amide bonds. The number of benzene rings is 1. The highest BCUT2D eigenvalue weighted by molar-refractivity contribution is 6.01. The van der Waals surface area contributed by atoms with Crippen molar-refractivity contribution in [2.45, 2.75) is 19.9 Å². The van der Waals surface area contributed by atoms with Crippen molar-refractivity contribution in [1.82, 2.24) is 0 Å². The number of hydrogen-bond acceptors (Lipinski definition) is 3. The number of hydrogen-bond donors (Lipinski definition) is 2. The van der Waals surface area contributed by atoms with E-state index in [9.17, 15) is 4.79 Å². The van der Waals surface area contributed by atoms with Crippen LogP contribution in [0.2, 0.25) is 0 Å². The summed E-state index contributed by atoms with van der Waals surface area (Å²) >= 11 is 0. The average Bonchev–Trinajstić information content (AvgIpc) is 2.64. The van der Waals surface area contributed by atoms with E-state index in [4.69, 9.17) is 11.5 Å². The van der Waals surface area contributed by atoms with E-state index in [1.807, 2.05) is 23.1 Å². The molecule has 1 aromatic rings. The van der Waals surface area contributed by atoms with Gasteiger partial charge in [-0.05, 0) is 29.7 Å². The van der Waals surface area contributed by atoms with Crippen LogP contribution >= 0.6 is 0 Å².